The van der Waals surface area contributed by atoms with Crippen LogP contribution in [0.15, 0.2) is 64.9 Å². The second-order valence-electron chi connectivity index (χ2n) is 8.35. The number of hydrogen-bond acceptors (Lipinski definition) is 6. The third-order valence-corrected chi connectivity index (χ3v) is 7.00. The summed E-state index contributed by atoms with van der Waals surface area (Å²) in [6.45, 7) is 4.47. The van der Waals surface area contributed by atoms with E-state index in [9.17, 15) is 14.9 Å². The summed E-state index contributed by atoms with van der Waals surface area (Å²) in [6, 6.07) is 17.6. The van der Waals surface area contributed by atoms with Crippen molar-refractivity contribution >= 4 is 34.0 Å². The van der Waals surface area contributed by atoms with Crippen LogP contribution in [0, 0.1) is 18.3 Å². The van der Waals surface area contributed by atoms with E-state index < -0.39 is 0 Å². The van der Waals surface area contributed by atoms with Crippen molar-refractivity contribution in [2.24, 2.45) is 0 Å². The average Bonchev–Trinajstić information content (AvgIpc) is 3.40. The summed E-state index contributed by atoms with van der Waals surface area (Å²) in [7, 11) is 0. The molecule has 0 saturated carbocycles. The van der Waals surface area contributed by atoms with Crippen molar-refractivity contribution in [3.8, 4) is 6.07 Å². The molecular weight excluding hydrogens is 446 g/mol. The molecule has 0 N–H and O–H groups in total. The van der Waals surface area contributed by atoms with Gasteiger partial charge in [-0.15, -0.1) is 11.3 Å². The quantitative estimate of drug-likeness (QED) is 0.456. The first kappa shape index (κ1) is 21.9. The summed E-state index contributed by atoms with van der Waals surface area (Å²) in [6.07, 6.45) is 1.67. The highest BCUT2D eigenvalue weighted by atomic mass is 32.1. The Labute approximate surface area is 201 Å². The van der Waals surface area contributed by atoms with Gasteiger partial charge in [0.1, 0.15) is 17.3 Å². The van der Waals surface area contributed by atoms with E-state index in [2.05, 4.69) is 11.1 Å². The van der Waals surface area contributed by atoms with Crippen molar-refractivity contribution < 1.29 is 4.79 Å². The molecule has 1 saturated heterocycles. The van der Waals surface area contributed by atoms with Crippen molar-refractivity contribution in [1.82, 2.24) is 14.5 Å². The molecule has 34 heavy (non-hydrogen) atoms. The maximum atomic E-state index is 13.5. The van der Waals surface area contributed by atoms with E-state index in [0.717, 1.165) is 21.4 Å². The predicted molar refractivity (Wildman–Crippen MR) is 133 cm³/mol. The van der Waals surface area contributed by atoms with Crippen LogP contribution >= 0.6 is 11.3 Å². The van der Waals surface area contributed by atoms with Gasteiger partial charge >= 0.3 is 0 Å². The van der Waals surface area contributed by atoms with E-state index in [1.54, 1.807) is 10.8 Å². The largest absolute Gasteiger partial charge is 0.366 e. The molecule has 7 nitrogen and oxygen atoms in total. The van der Waals surface area contributed by atoms with Gasteiger partial charge < -0.3 is 9.80 Å². The highest BCUT2D eigenvalue weighted by Crippen LogP contribution is 2.29. The second-order valence-corrected chi connectivity index (χ2v) is 9.29. The van der Waals surface area contributed by atoms with E-state index in [0.29, 0.717) is 44.1 Å². The van der Waals surface area contributed by atoms with Gasteiger partial charge in [0.15, 0.2) is 0 Å². The van der Waals surface area contributed by atoms with Gasteiger partial charge in [0.25, 0.3) is 11.5 Å². The zero-order valence-electron chi connectivity index (χ0n) is 18.8. The second kappa shape index (κ2) is 9.12. The Bertz CT molecular complexity index is 1460. The molecule has 0 aliphatic carbocycles. The summed E-state index contributed by atoms with van der Waals surface area (Å²) < 4.78 is 1.59. The summed E-state index contributed by atoms with van der Waals surface area (Å²) in [5.41, 5.74) is 3.02. The number of nitrogens with zero attached hydrogens (tertiary/aromatic N) is 5. The summed E-state index contributed by atoms with van der Waals surface area (Å²) in [5, 5.41) is 12.7. The van der Waals surface area contributed by atoms with Crippen LogP contribution in [0.25, 0.3) is 11.0 Å². The molecule has 8 heteroatoms. The number of piperazine rings is 1. The van der Waals surface area contributed by atoms with E-state index >= 15 is 0 Å². The van der Waals surface area contributed by atoms with Crippen molar-refractivity contribution in [2.75, 3.05) is 31.1 Å². The van der Waals surface area contributed by atoms with Crippen LogP contribution in [0.1, 0.15) is 26.4 Å². The topological polar surface area (TPSA) is 82.2 Å². The van der Waals surface area contributed by atoms with E-state index in [4.69, 9.17) is 0 Å². The number of benzene rings is 1. The van der Waals surface area contributed by atoms with E-state index in [-0.39, 0.29) is 17.0 Å². The molecule has 1 aromatic carbocycles. The third-order valence-electron chi connectivity index (χ3n) is 6.14. The number of carbonyl (C=O) groups is 1. The van der Waals surface area contributed by atoms with Crippen LogP contribution in [0.3, 0.4) is 0 Å². The molecule has 0 spiro atoms. The van der Waals surface area contributed by atoms with Crippen LogP contribution in [0.4, 0.5) is 5.69 Å². The SMILES string of the molecule is Cc1cccc(Cn2c(=O)c(C#N)c(N3CCN(C(=O)c4cccs4)CC3)c3cccnc32)c1. The van der Waals surface area contributed by atoms with Crippen LogP contribution < -0.4 is 10.5 Å². The fourth-order valence-electron chi connectivity index (χ4n) is 4.52. The predicted octanol–water partition coefficient (Wildman–Crippen LogP) is 3.65. The lowest BCUT2D eigenvalue weighted by Crippen LogP contribution is -2.49. The number of anilines is 1. The number of rotatable bonds is 4. The maximum absolute atomic E-state index is 13.5. The zero-order valence-corrected chi connectivity index (χ0v) is 19.6. The molecule has 4 aromatic rings. The lowest BCUT2D eigenvalue weighted by Gasteiger charge is -2.36. The van der Waals surface area contributed by atoms with Crippen molar-refractivity contribution in [3.05, 3.63) is 92.0 Å². The van der Waals surface area contributed by atoms with Crippen LogP contribution in [0.2, 0.25) is 0 Å². The Hall–Kier alpha value is -3.96. The maximum Gasteiger partial charge on any atom is 0.272 e. The Kier molecular flexibility index (Phi) is 5.86. The lowest BCUT2D eigenvalue weighted by molar-refractivity contribution is 0.0751. The van der Waals surface area contributed by atoms with Gasteiger partial charge in [-0.2, -0.15) is 5.26 Å². The summed E-state index contributed by atoms with van der Waals surface area (Å²) >= 11 is 1.43. The van der Waals surface area contributed by atoms with Gasteiger partial charge in [-0.1, -0.05) is 35.9 Å². The number of thiophene rings is 1. The highest BCUT2D eigenvalue weighted by molar-refractivity contribution is 7.12. The highest BCUT2D eigenvalue weighted by Gasteiger charge is 2.27. The van der Waals surface area contributed by atoms with Gasteiger partial charge in [-0.25, -0.2) is 4.98 Å². The molecule has 5 rings (SSSR count). The molecule has 3 aromatic heterocycles. The van der Waals surface area contributed by atoms with Gasteiger partial charge in [-0.3, -0.25) is 14.2 Å². The summed E-state index contributed by atoms with van der Waals surface area (Å²) in [5.74, 6) is 0.0234. The Balaban J connectivity index is 1.52. The molecule has 4 heterocycles. The number of hydrogen-bond donors (Lipinski definition) is 0. The standard InChI is InChI=1S/C26H23N5O2S/c1-18-5-2-6-19(15-18)17-31-24-20(7-3-9-28-24)23(21(16-27)25(31)32)29-10-12-30(13-11-29)26(33)22-8-4-14-34-22/h2-9,14-15H,10-13,17H2,1H3. The van der Waals surface area contributed by atoms with E-state index in [1.165, 1.54) is 11.3 Å². The number of aryl methyl sites for hydroxylation is 1. The normalized spacial score (nSPS) is 13.8. The molecule has 170 valence electrons. The van der Waals surface area contributed by atoms with Gasteiger partial charge in [0.05, 0.1) is 17.1 Å². The van der Waals surface area contributed by atoms with Crippen LogP contribution in [0.5, 0.6) is 0 Å². The molecule has 1 fully saturated rings. The Morgan fingerprint density at radius 1 is 1.12 bits per heavy atom. The number of pyridine rings is 2. The minimum absolute atomic E-state index is 0.0234. The first-order valence-electron chi connectivity index (χ1n) is 11.1. The molecule has 0 unspecified atom stereocenters. The number of carbonyl (C=O) groups excluding carboxylic acids is 1. The lowest BCUT2D eigenvalue weighted by atomic mass is 10.1. The van der Waals surface area contributed by atoms with Gasteiger partial charge in [0, 0.05) is 37.8 Å². The molecule has 0 bridgehead atoms. The Morgan fingerprint density at radius 2 is 1.94 bits per heavy atom. The molecule has 0 radical (unpaired) electrons. The minimum atomic E-state index is -0.345. The average molecular weight is 470 g/mol. The number of fused-ring (bicyclic) bond motifs is 1. The van der Waals surface area contributed by atoms with Crippen molar-refractivity contribution in [3.63, 3.8) is 0 Å². The van der Waals surface area contributed by atoms with Crippen molar-refractivity contribution in [1.29, 1.82) is 5.26 Å². The molecule has 1 amide bonds. The van der Waals surface area contributed by atoms with Crippen LogP contribution in [-0.4, -0.2) is 46.5 Å². The van der Waals surface area contributed by atoms with Gasteiger partial charge in [0.2, 0.25) is 0 Å². The monoisotopic (exact) mass is 469 g/mol. The minimum Gasteiger partial charge on any atom is -0.366 e. The van der Waals surface area contributed by atoms with Gasteiger partial charge in [-0.05, 0) is 36.1 Å². The number of nitriles is 1. The number of aromatic nitrogens is 2. The number of amides is 1. The Morgan fingerprint density at radius 3 is 2.65 bits per heavy atom. The molecule has 1 aliphatic rings. The fourth-order valence-corrected chi connectivity index (χ4v) is 5.21. The molecule has 1 aliphatic heterocycles. The zero-order chi connectivity index (χ0) is 23.7. The van der Waals surface area contributed by atoms with E-state index in [1.807, 2.05) is 70.6 Å². The first-order valence-corrected chi connectivity index (χ1v) is 12.0. The fraction of sp³-hybridized carbons (Fsp3) is 0.231. The van der Waals surface area contributed by atoms with Crippen molar-refractivity contribution in [2.45, 2.75) is 13.5 Å². The summed E-state index contributed by atoms with van der Waals surface area (Å²) in [4.78, 5) is 35.4. The molecule has 0 atom stereocenters. The molecular formula is C26H23N5O2S. The first-order chi connectivity index (χ1) is 16.6. The smallest absolute Gasteiger partial charge is 0.272 e. The van der Waals surface area contributed by atoms with Crippen LogP contribution in [-0.2, 0) is 6.54 Å². The third kappa shape index (κ3) is 3.95.